The number of hydrogen-bond acceptors (Lipinski definition) is 2. The summed E-state index contributed by atoms with van der Waals surface area (Å²) in [6, 6.07) is 5.31. The first kappa shape index (κ1) is 11.3. The Labute approximate surface area is 95.7 Å². The molecule has 76 valence electrons. The van der Waals surface area contributed by atoms with Gasteiger partial charge in [0.1, 0.15) is 5.38 Å². The van der Waals surface area contributed by atoms with Crippen LogP contribution in [0.15, 0.2) is 22.7 Å². The van der Waals surface area contributed by atoms with Crippen LogP contribution >= 0.6 is 27.5 Å². The van der Waals surface area contributed by atoms with E-state index in [0.29, 0.717) is 11.4 Å². The van der Waals surface area contributed by atoms with E-state index in [-0.39, 0.29) is 5.91 Å². The first-order valence-electron chi connectivity index (χ1n) is 4.01. The number of nitrogens with two attached hydrogens (primary N) is 1. The average molecular weight is 278 g/mol. The summed E-state index contributed by atoms with van der Waals surface area (Å²) in [5.74, 6) is -0.267. The second-order valence-corrected chi connectivity index (χ2v) is 4.32. The van der Waals surface area contributed by atoms with Gasteiger partial charge in [0, 0.05) is 4.47 Å². The zero-order valence-corrected chi connectivity index (χ0v) is 9.89. The van der Waals surface area contributed by atoms with E-state index in [2.05, 4.69) is 21.2 Å². The number of nitrogen functional groups attached to an aromatic ring is 1. The van der Waals surface area contributed by atoms with Crippen molar-refractivity contribution in [3.63, 3.8) is 0 Å². The Kier molecular flexibility index (Phi) is 3.77. The van der Waals surface area contributed by atoms with Gasteiger partial charge in [-0.2, -0.15) is 0 Å². The molecule has 5 heteroatoms. The third-order valence-electron chi connectivity index (χ3n) is 1.67. The molecule has 0 fully saturated rings. The molecular weight excluding hydrogens is 267 g/mol. The number of hydrogen-bond donors (Lipinski definition) is 2. The van der Waals surface area contributed by atoms with Crippen molar-refractivity contribution in [2.45, 2.75) is 12.3 Å². The van der Waals surface area contributed by atoms with E-state index in [1.54, 1.807) is 25.1 Å². The van der Waals surface area contributed by atoms with Crippen LogP contribution in [0.25, 0.3) is 0 Å². The molecule has 0 unspecified atom stereocenters. The van der Waals surface area contributed by atoms with Crippen LogP contribution in [-0.4, -0.2) is 11.3 Å². The summed E-state index contributed by atoms with van der Waals surface area (Å²) in [6.45, 7) is 1.60. The van der Waals surface area contributed by atoms with E-state index in [0.717, 1.165) is 4.47 Å². The minimum absolute atomic E-state index is 0.267. The molecule has 1 atom stereocenters. The van der Waals surface area contributed by atoms with Crippen molar-refractivity contribution < 1.29 is 4.79 Å². The van der Waals surface area contributed by atoms with Crippen LogP contribution in [0.3, 0.4) is 0 Å². The molecule has 0 aromatic heterocycles. The number of alkyl halides is 1. The Hall–Kier alpha value is -0.740. The highest BCUT2D eigenvalue weighted by molar-refractivity contribution is 9.10. The van der Waals surface area contributed by atoms with E-state index in [1.807, 2.05) is 0 Å². The highest BCUT2D eigenvalue weighted by atomic mass is 79.9. The zero-order valence-electron chi connectivity index (χ0n) is 7.55. The molecule has 0 saturated carbocycles. The fourth-order valence-electron chi connectivity index (χ4n) is 0.878. The summed E-state index contributed by atoms with van der Waals surface area (Å²) in [7, 11) is 0. The molecule has 1 amide bonds. The lowest BCUT2D eigenvalue weighted by Crippen LogP contribution is -2.20. The van der Waals surface area contributed by atoms with Gasteiger partial charge >= 0.3 is 0 Å². The molecule has 0 aliphatic heterocycles. The second kappa shape index (κ2) is 4.66. The van der Waals surface area contributed by atoms with Gasteiger partial charge in [-0.25, -0.2) is 0 Å². The van der Waals surface area contributed by atoms with Gasteiger partial charge in [-0.1, -0.05) is 6.07 Å². The molecule has 0 heterocycles. The molecule has 0 aliphatic carbocycles. The number of anilines is 2. The predicted molar refractivity (Wildman–Crippen MR) is 62.5 cm³/mol. The molecule has 1 rings (SSSR count). The number of rotatable bonds is 2. The van der Waals surface area contributed by atoms with Crippen LogP contribution in [0.2, 0.25) is 0 Å². The summed E-state index contributed by atoms with van der Waals surface area (Å²) >= 11 is 8.87. The standard InChI is InChI=1S/C9H10BrClN2O/c1-5(11)9(14)13-7-4-2-3-6(10)8(7)12/h2-5H,12H2,1H3,(H,13,14)/t5-/m0/s1. The normalized spacial score (nSPS) is 12.2. The van der Waals surface area contributed by atoms with Gasteiger partial charge < -0.3 is 11.1 Å². The van der Waals surface area contributed by atoms with Crippen molar-refractivity contribution in [3.05, 3.63) is 22.7 Å². The fourth-order valence-corrected chi connectivity index (χ4v) is 1.30. The fraction of sp³-hybridized carbons (Fsp3) is 0.222. The van der Waals surface area contributed by atoms with Crippen LogP contribution in [0.1, 0.15) is 6.92 Å². The lowest BCUT2D eigenvalue weighted by Gasteiger charge is -2.09. The molecule has 0 bridgehead atoms. The van der Waals surface area contributed by atoms with Crippen LogP contribution in [-0.2, 0) is 4.79 Å². The van der Waals surface area contributed by atoms with Crippen molar-refractivity contribution in [3.8, 4) is 0 Å². The van der Waals surface area contributed by atoms with Crippen molar-refractivity contribution >= 4 is 44.8 Å². The Bertz CT molecular complexity index is 355. The van der Waals surface area contributed by atoms with E-state index in [9.17, 15) is 4.79 Å². The predicted octanol–water partition coefficient (Wildman–Crippen LogP) is 2.60. The maximum Gasteiger partial charge on any atom is 0.242 e. The van der Waals surface area contributed by atoms with Gasteiger partial charge in [-0.05, 0) is 35.0 Å². The number of halogens is 2. The Morgan fingerprint density at radius 1 is 1.64 bits per heavy atom. The first-order valence-corrected chi connectivity index (χ1v) is 5.24. The highest BCUT2D eigenvalue weighted by Gasteiger charge is 2.11. The van der Waals surface area contributed by atoms with E-state index < -0.39 is 5.38 Å². The van der Waals surface area contributed by atoms with E-state index >= 15 is 0 Å². The highest BCUT2D eigenvalue weighted by Crippen LogP contribution is 2.27. The molecule has 0 aliphatic rings. The maximum atomic E-state index is 11.3. The lowest BCUT2D eigenvalue weighted by atomic mass is 10.2. The molecule has 1 aromatic rings. The smallest absolute Gasteiger partial charge is 0.242 e. The minimum atomic E-state index is -0.576. The third kappa shape index (κ3) is 2.62. The van der Waals surface area contributed by atoms with Crippen molar-refractivity contribution in [1.82, 2.24) is 0 Å². The van der Waals surface area contributed by atoms with Gasteiger partial charge in [0.15, 0.2) is 0 Å². The molecule has 14 heavy (non-hydrogen) atoms. The zero-order chi connectivity index (χ0) is 10.7. The molecule has 0 spiro atoms. The van der Waals surface area contributed by atoms with Crippen LogP contribution in [0, 0.1) is 0 Å². The summed E-state index contributed by atoms with van der Waals surface area (Å²) in [5, 5.41) is 2.05. The summed E-state index contributed by atoms with van der Waals surface area (Å²) in [6.07, 6.45) is 0. The van der Waals surface area contributed by atoms with Crippen LogP contribution < -0.4 is 11.1 Å². The molecule has 0 saturated heterocycles. The Morgan fingerprint density at radius 2 is 2.29 bits per heavy atom. The lowest BCUT2D eigenvalue weighted by molar-refractivity contribution is -0.115. The molecule has 0 radical (unpaired) electrons. The number of benzene rings is 1. The van der Waals surface area contributed by atoms with Gasteiger partial charge in [-0.3, -0.25) is 4.79 Å². The molecule has 3 nitrogen and oxygen atoms in total. The topological polar surface area (TPSA) is 55.1 Å². The third-order valence-corrected chi connectivity index (χ3v) is 2.56. The van der Waals surface area contributed by atoms with Crippen molar-refractivity contribution in [1.29, 1.82) is 0 Å². The van der Waals surface area contributed by atoms with Gasteiger partial charge in [-0.15, -0.1) is 11.6 Å². The van der Waals surface area contributed by atoms with E-state index in [4.69, 9.17) is 17.3 Å². The van der Waals surface area contributed by atoms with Gasteiger partial charge in [0.05, 0.1) is 11.4 Å². The number of nitrogens with one attached hydrogen (secondary N) is 1. The van der Waals surface area contributed by atoms with E-state index in [1.165, 1.54) is 0 Å². The number of carbonyl (C=O) groups excluding carboxylic acids is 1. The summed E-state index contributed by atoms with van der Waals surface area (Å²) < 4.78 is 0.748. The SMILES string of the molecule is C[C@H](Cl)C(=O)Nc1cccc(Br)c1N. The molecule has 1 aromatic carbocycles. The van der Waals surface area contributed by atoms with Gasteiger partial charge in [0.25, 0.3) is 0 Å². The molecule has 3 N–H and O–H groups in total. The minimum Gasteiger partial charge on any atom is -0.396 e. The Balaban J connectivity index is 2.87. The monoisotopic (exact) mass is 276 g/mol. The quantitative estimate of drug-likeness (QED) is 0.645. The summed E-state index contributed by atoms with van der Waals surface area (Å²) in [4.78, 5) is 11.3. The average Bonchev–Trinajstić information content (AvgIpc) is 2.12. The second-order valence-electron chi connectivity index (χ2n) is 2.81. The van der Waals surface area contributed by atoms with Crippen molar-refractivity contribution in [2.75, 3.05) is 11.1 Å². The number of amides is 1. The molecular formula is C9H10BrClN2O. The largest absolute Gasteiger partial charge is 0.396 e. The number of para-hydroxylation sites is 1. The van der Waals surface area contributed by atoms with Crippen molar-refractivity contribution in [2.24, 2.45) is 0 Å². The summed E-state index contributed by atoms with van der Waals surface area (Å²) in [5.41, 5.74) is 6.79. The number of carbonyl (C=O) groups is 1. The Morgan fingerprint density at radius 3 is 2.86 bits per heavy atom. The first-order chi connectivity index (χ1) is 6.52. The van der Waals surface area contributed by atoms with Crippen LogP contribution in [0.5, 0.6) is 0 Å². The van der Waals surface area contributed by atoms with Crippen LogP contribution in [0.4, 0.5) is 11.4 Å². The van der Waals surface area contributed by atoms with Gasteiger partial charge in [0.2, 0.25) is 5.91 Å². The maximum absolute atomic E-state index is 11.3.